The summed E-state index contributed by atoms with van der Waals surface area (Å²) in [5.41, 5.74) is 5.42. The lowest BCUT2D eigenvalue weighted by Crippen LogP contribution is -2.36. The molecular formula is C35H34BrCl2N5O4SSi. The monoisotopic (exact) mass is 797 g/mol. The fraction of sp³-hybridized carbons (Fsp3) is 0.200. The molecule has 6 rings (SSSR count). The minimum Gasteiger partial charge on any atom is -0.493 e. The Balaban J connectivity index is 1.27. The maximum atomic E-state index is 13.4. The van der Waals surface area contributed by atoms with Crippen molar-refractivity contribution in [2.75, 3.05) is 17.6 Å². The van der Waals surface area contributed by atoms with Crippen LogP contribution in [0.25, 0.3) is 28.2 Å². The molecule has 254 valence electrons. The Morgan fingerprint density at radius 1 is 0.918 bits per heavy atom. The van der Waals surface area contributed by atoms with E-state index in [1.165, 1.54) is 6.20 Å². The second-order valence-electron chi connectivity index (χ2n) is 12.8. The number of aliphatic hydroxyl groups excluding tert-OH is 1. The Kier molecular flexibility index (Phi) is 10.3. The zero-order valence-electron chi connectivity index (χ0n) is 27.0. The molecule has 3 heterocycles. The van der Waals surface area contributed by atoms with Crippen LogP contribution in [-0.2, 0) is 21.4 Å². The third-order valence-electron chi connectivity index (χ3n) is 7.93. The van der Waals surface area contributed by atoms with Crippen LogP contribution in [0.3, 0.4) is 0 Å². The Bertz CT molecular complexity index is 2100. The van der Waals surface area contributed by atoms with Crippen molar-refractivity contribution in [3.8, 4) is 28.2 Å². The van der Waals surface area contributed by atoms with Crippen molar-refractivity contribution in [1.82, 2.24) is 18.8 Å². The molecule has 3 aromatic carbocycles. The minimum absolute atomic E-state index is 0.265. The van der Waals surface area contributed by atoms with E-state index in [0.29, 0.717) is 34.5 Å². The van der Waals surface area contributed by atoms with Crippen molar-refractivity contribution in [2.24, 2.45) is 0 Å². The second-order valence-corrected chi connectivity index (χ2v) is 21.9. The molecule has 14 heteroatoms. The summed E-state index contributed by atoms with van der Waals surface area (Å²) in [6.45, 7) is 6.80. The molecule has 5 aromatic rings. The molecule has 0 radical (unpaired) electrons. The molecule has 0 spiro atoms. The van der Waals surface area contributed by atoms with Crippen LogP contribution in [0.4, 0.5) is 5.69 Å². The standard InChI is InChI=1S/C35H34BrCl2N5O4SSi/c1-49(2,3)17-16-47-23-43-35(44)22-42(48(43,45)46)29-12-10-28(11-13-29)41-21-33(30-14-9-27(37)19-31(30)38)40-34(41)18-24-4-6-25(7-5-24)32-15-8-26(36)20-39-32/h4-15,19-22,44H,16-18,23H2,1-3H3. The van der Waals surface area contributed by atoms with E-state index in [-0.39, 0.29) is 6.73 Å². The van der Waals surface area contributed by atoms with Crippen LogP contribution in [-0.4, -0.2) is 53.8 Å². The van der Waals surface area contributed by atoms with Gasteiger partial charge in [0.05, 0.1) is 28.3 Å². The fourth-order valence-electron chi connectivity index (χ4n) is 5.20. The van der Waals surface area contributed by atoms with Gasteiger partial charge in [0.2, 0.25) is 5.88 Å². The molecule has 1 aliphatic heterocycles. The summed E-state index contributed by atoms with van der Waals surface area (Å²) in [6.07, 6.45) is 5.36. The third kappa shape index (κ3) is 8.06. The van der Waals surface area contributed by atoms with Gasteiger partial charge in [0.25, 0.3) is 0 Å². The summed E-state index contributed by atoms with van der Waals surface area (Å²) < 4.78 is 37.2. The van der Waals surface area contributed by atoms with Crippen LogP contribution < -0.4 is 4.31 Å². The number of hydrogen-bond acceptors (Lipinski definition) is 6. The summed E-state index contributed by atoms with van der Waals surface area (Å²) >= 11 is 16.2. The topological polar surface area (TPSA) is 101 Å². The summed E-state index contributed by atoms with van der Waals surface area (Å²) in [5, 5.41) is 11.5. The Labute approximate surface area is 305 Å². The Hall–Kier alpha value is -3.65. The maximum Gasteiger partial charge on any atom is 0.334 e. The van der Waals surface area contributed by atoms with Gasteiger partial charge < -0.3 is 14.4 Å². The molecule has 0 saturated heterocycles. The fourth-order valence-corrected chi connectivity index (χ4v) is 8.02. The molecule has 0 amide bonds. The summed E-state index contributed by atoms with van der Waals surface area (Å²) in [4.78, 5) is 9.47. The zero-order valence-corrected chi connectivity index (χ0v) is 31.9. The molecule has 0 bridgehead atoms. The average Bonchev–Trinajstić information content (AvgIpc) is 3.56. The third-order valence-corrected chi connectivity index (χ3v) is 12.3. The molecule has 0 aliphatic carbocycles. The lowest BCUT2D eigenvalue weighted by Gasteiger charge is -2.22. The van der Waals surface area contributed by atoms with Gasteiger partial charge in [-0.05, 0) is 82.1 Å². The molecule has 9 nitrogen and oxygen atoms in total. The summed E-state index contributed by atoms with van der Waals surface area (Å²) in [7, 11) is -5.43. The zero-order chi connectivity index (χ0) is 34.9. The van der Waals surface area contributed by atoms with Gasteiger partial charge in [-0.15, -0.1) is 0 Å². The number of halogens is 3. The molecule has 1 aliphatic rings. The van der Waals surface area contributed by atoms with E-state index in [4.69, 9.17) is 32.9 Å². The van der Waals surface area contributed by atoms with Crippen LogP contribution in [0, 0.1) is 0 Å². The first kappa shape index (κ1) is 35.2. The van der Waals surface area contributed by atoms with Gasteiger partial charge in [-0.1, -0.05) is 67.1 Å². The Morgan fingerprint density at radius 2 is 1.63 bits per heavy atom. The quantitative estimate of drug-likeness (QED) is 0.106. The molecule has 49 heavy (non-hydrogen) atoms. The van der Waals surface area contributed by atoms with E-state index in [9.17, 15) is 13.5 Å². The van der Waals surface area contributed by atoms with Gasteiger partial charge in [0.15, 0.2) is 0 Å². The first-order chi connectivity index (χ1) is 23.3. The van der Waals surface area contributed by atoms with Gasteiger partial charge >= 0.3 is 10.2 Å². The number of pyridine rings is 1. The average molecular weight is 800 g/mol. The highest BCUT2D eigenvalue weighted by molar-refractivity contribution is 9.10. The molecule has 0 fully saturated rings. The van der Waals surface area contributed by atoms with Crippen LogP contribution in [0.2, 0.25) is 35.7 Å². The van der Waals surface area contributed by atoms with Gasteiger partial charge in [-0.2, -0.15) is 12.7 Å². The van der Waals surface area contributed by atoms with Crippen molar-refractivity contribution in [1.29, 1.82) is 0 Å². The number of hydrogen-bond donors (Lipinski definition) is 1. The van der Waals surface area contributed by atoms with Gasteiger partial charge in [0, 0.05) is 59.8 Å². The number of nitrogens with zero attached hydrogens (tertiary/aromatic N) is 5. The molecule has 0 unspecified atom stereocenters. The van der Waals surface area contributed by atoms with Gasteiger partial charge in [-0.25, -0.2) is 9.29 Å². The van der Waals surface area contributed by atoms with E-state index in [0.717, 1.165) is 53.0 Å². The SMILES string of the molecule is C[Si](C)(C)CCOCN1C(O)=CN(c2ccc(-n3cc(-c4ccc(Cl)cc4Cl)nc3Cc3ccc(-c4ccc(Br)cn4)cc3)cc2)S1(=O)=O. The predicted molar refractivity (Wildman–Crippen MR) is 202 cm³/mol. The highest BCUT2D eigenvalue weighted by atomic mass is 79.9. The lowest BCUT2D eigenvalue weighted by atomic mass is 10.1. The molecular weight excluding hydrogens is 765 g/mol. The van der Waals surface area contributed by atoms with E-state index in [1.807, 2.05) is 65.4 Å². The number of anilines is 1. The van der Waals surface area contributed by atoms with Crippen LogP contribution >= 0.6 is 39.1 Å². The first-order valence-electron chi connectivity index (χ1n) is 15.4. The highest BCUT2D eigenvalue weighted by Gasteiger charge is 2.38. The number of aliphatic hydroxyl groups is 1. The molecule has 2 aromatic heterocycles. The van der Waals surface area contributed by atoms with Crippen LogP contribution in [0.15, 0.2) is 108 Å². The molecule has 1 N–H and O–H groups in total. The minimum atomic E-state index is -4.08. The number of ether oxygens (including phenoxy) is 1. The van der Waals surface area contributed by atoms with Crippen LogP contribution in [0.5, 0.6) is 0 Å². The number of benzene rings is 3. The van der Waals surface area contributed by atoms with Gasteiger partial charge in [0.1, 0.15) is 12.6 Å². The normalized spacial score (nSPS) is 14.4. The maximum absolute atomic E-state index is 13.4. The number of rotatable bonds is 11. The van der Waals surface area contributed by atoms with E-state index < -0.39 is 24.2 Å². The van der Waals surface area contributed by atoms with Crippen molar-refractivity contribution < 1.29 is 18.3 Å². The lowest BCUT2D eigenvalue weighted by molar-refractivity contribution is 0.0747. The van der Waals surface area contributed by atoms with E-state index in [2.05, 4.69) is 40.6 Å². The number of aromatic nitrogens is 3. The Morgan fingerprint density at radius 3 is 2.29 bits per heavy atom. The first-order valence-corrected chi connectivity index (χ1v) is 22.1. The van der Waals surface area contributed by atoms with Crippen LogP contribution in [0.1, 0.15) is 11.4 Å². The van der Waals surface area contributed by atoms with E-state index >= 15 is 0 Å². The highest BCUT2D eigenvalue weighted by Crippen LogP contribution is 2.33. The molecule has 0 atom stereocenters. The van der Waals surface area contributed by atoms with Crippen molar-refractivity contribution in [2.45, 2.75) is 32.1 Å². The van der Waals surface area contributed by atoms with Gasteiger partial charge in [-0.3, -0.25) is 4.98 Å². The summed E-state index contributed by atoms with van der Waals surface area (Å²) in [5.74, 6) is 0.344. The van der Waals surface area contributed by atoms with Crippen molar-refractivity contribution in [3.05, 3.63) is 129 Å². The van der Waals surface area contributed by atoms with Crippen molar-refractivity contribution in [3.63, 3.8) is 0 Å². The smallest absolute Gasteiger partial charge is 0.334 e. The predicted octanol–water partition coefficient (Wildman–Crippen LogP) is 9.30. The van der Waals surface area contributed by atoms with E-state index in [1.54, 1.807) is 30.5 Å². The second kappa shape index (κ2) is 14.3. The van der Waals surface area contributed by atoms with Crippen molar-refractivity contribution >= 4 is 63.1 Å². The summed E-state index contributed by atoms with van der Waals surface area (Å²) in [6, 6.07) is 25.2. The molecule has 0 saturated carbocycles. The largest absolute Gasteiger partial charge is 0.493 e. The number of imidazole rings is 1.